The minimum Gasteiger partial charge on any atom is -0.497 e. The van der Waals surface area contributed by atoms with Gasteiger partial charge in [0.05, 0.1) is 31.9 Å². The van der Waals surface area contributed by atoms with E-state index >= 15 is 0 Å². The maximum atomic E-state index is 12.2. The van der Waals surface area contributed by atoms with E-state index in [9.17, 15) is 14.7 Å². The Hall–Kier alpha value is -3.15. The maximum absolute atomic E-state index is 12.2. The van der Waals surface area contributed by atoms with Crippen molar-refractivity contribution < 1.29 is 28.9 Å². The number of hydrogen-bond acceptors (Lipinski definition) is 7. The number of carbonyl (C=O) groups is 2. The molecule has 5 unspecified atom stereocenters. The lowest BCUT2D eigenvalue weighted by Gasteiger charge is -2.20. The fourth-order valence-corrected chi connectivity index (χ4v) is 4.09. The molecule has 2 saturated heterocycles. The van der Waals surface area contributed by atoms with E-state index in [4.69, 9.17) is 14.2 Å². The summed E-state index contributed by atoms with van der Waals surface area (Å²) < 4.78 is 18.5. The fourth-order valence-electron chi connectivity index (χ4n) is 4.09. The van der Waals surface area contributed by atoms with Crippen molar-refractivity contribution >= 4 is 17.6 Å². The smallest absolute Gasteiger partial charge is 0.319 e. The third-order valence-corrected chi connectivity index (χ3v) is 5.75. The number of aryl methyl sites for hydroxylation is 1. The number of aliphatic hydroxyl groups is 1. The predicted octanol–water partition coefficient (Wildman–Crippen LogP) is 0.543. The van der Waals surface area contributed by atoms with Crippen molar-refractivity contribution in [3.05, 3.63) is 42.2 Å². The molecule has 1 aromatic heterocycles. The van der Waals surface area contributed by atoms with Crippen molar-refractivity contribution in [1.29, 1.82) is 0 Å². The monoisotopic (exact) mass is 459 g/mol. The van der Waals surface area contributed by atoms with Crippen molar-refractivity contribution in [3.8, 4) is 5.75 Å². The second-order valence-corrected chi connectivity index (χ2v) is 8.23. The van der Waals surface area contributed by atoms with E-state index in [1.54, 1.807) is 42.3 Å². The van der Waals surface area contributed by atoms with E-state index in [-0.39, 0.29) is 31.1 Å². The number of urea groups is 1. The standard InChI is InChI=1S/C22H29N5O6/c1-27-12-13(10-25-27)9-23-19(28)8-16-7-17-21(32-16)20(29)18(33-17)11-24-22(30)26-14-3-5-15(31-2)6-4-14/h3-6,10,12,16-18,20-21,29H,7-9,11H2,1-2H3,(H,23,28)(H2,24,26,30). The summed E-state index contributed by atoms with van der Waals surface area (Å²) in [5, 5.41) is 22.9. The van der Waals surface area contributed by atoms with Gasteiger partial charge in [-0.25, -0.2) is 4.79 Å². The van der Waals surface area contributed by atoms with Gasteiger partial charge in [0.25, 0.3) is 0 Å². The van der Waals surface area contributed by atoms with Crippen molar-refractivity contribution in [1.82, 2.24) is 20.4 Å². The fraction of sp³-hybridized carbons (Fsp3) is 0.500. The molecule has 0 aliphatic carbocycles. The molecule has 2 aliphatic rings. The molecule has 11 nitrogen and oxygen atoms in total. The van der Waals surface area contributed by atoms with Crippen LogP contribution in [0.25, 0.3) is 0 Å². The van der Waals surface area contributed by atoms with Crippen LogP contribution in [0.4, 0.5) is 10.5 Å². The van der Waals surface area contributed by atoms with E-state index in [1.165, 1.54) is 0 Å². The first-order valence-corrected chi connectivity index (χ1v) is 10.8. The summed E-state index contributed by atoms with van der Waals surface area (Å²) in [6.07, 6.45) is 1.62. The number of amides is 3. The van der Waals surface area contributed by atoms with Gasteiger partial charge in [-0.3, -0.25) is 9.48 Å². The van der Waals surface area contributed by atoms with Crippen LogP contribution in [0.1, 0.15) is 18.4 Å². The SMILES string of the molecule is COc1ccc(NC(=O)NCC2OC3CC(CC(=O)NCc4cnn(C)c4)OC3C2O)cc1. The van der Waals surface area contributed by atoms with Gasteiger partial charge in [-0.1, -0.05) is 0 Å². The number of aromatic nitrogens is 2. The topological polar surface area (TPSA) is 136 Å². The number of methoxy groups -OCH3 is 1. The first kappa shape index (κ1) is 23.0. The van der Waals surface area contributed by atoms with Gasteiger partial charge in [0.15, 0.2) is 0 Å². The summed E-state index contributed by atoms with van der Waals surface area (Å²) in [5.41, 5.74) is 1.53. The average molecular weight is 460 g/mol. The van der Waals surface area contributed by atoms with Crippen LogP contribution >= 0.6 is 0 Å². The Kier molecular flexibility index (Phi) is 7.11. The number of fused-ring (bicyclic) bond motifs is 1. The summed E-state index contributed by atoms with van der Waals surface area (Å²) in [6.45, 7) is 0.535. The van der Waals surface area contributed by atoms with Gasteiger partial charge in [0.1, 0.15) is 24.1 Å². The molecular weight excluding hydrogens is 430 g/mol. The number of nitrogens with one attached hydrogen (secondary N) is 3. The zero-order valence-electron chi connectivity index (χ0n) is 18.6. The largest absolute Gasteiger partial charge is 0.497 e. The van der Waals surface area contributed by atoms with Crippen LogP contribution in [0.15, 0.2) is 36.7 Å². The molecule has 11 heteroatoms. The highest BCUT2D eigenvalue weighted by molar-refractivity contribution is 5.89. The lowest BCUT2D eigenvalue weighted by Crippen LogP contribution is -2.42. The lowest BCUT2D eigenvalue weighted by molar-refractivity contribution is -0.124. The highest BCUT2D eigenvalue weighted by Gasteiger charge is 2.50. The van der Waals surface area contributed by atoms with Gasteiger partial charge >= 0.3 is 6.03 Å². The molecule has 4 rings (SSSR count). The average Bonchev–Trinajstić information content (AvgIpc) is 3.47. The molecule has 0 radical (unpaired) electrons. The van der Waals surface area contributed by atoms with Gasteiger partial charge in [-0.2, -0.15) is 5.10 Å². The van der Waals surface area contributed by atoms with Gasteiger partial charge in [0.2, 0.25) is 5.91 Å². The third kappa shape index (κ3) is 5.81. The Morgan fingerprint density at radius 2 is 2.03 bits per heavy atom. The molecule has 33 heavy (non-hydrogen) atoms. The van der Waals surface area contributed by atoms with Crippen LogP contribution in [-0.2, 0) is 27.9 Å². The minimum absolute atomic E-state index is 0.133. The molecule has 5 atom stereocenters. The molecule has 0 bridgehead atoms. The summed E-state index contributed by atoms with van der Waals surface area (Å²) in [6, 6.07) is 6.54. The molecule has 2 fully saturated rings. The number of ether oxygens (including phenoxy) is 3. The van der Waals surface area contributed by atoms with E-state index in [0.717, 1.165) is 5.56 Å². The quantitative estimate of drug-likeness (QED) is 0.452. The first-order chi connectivity index (χ1) is 15.9. The molecule has 178 valence electrons. The van der Waals surface area contributed by atoms with Gasteiger partial charge in [0, 0.05) is 44.0 Å². The van der Waals surface area contributed by atoms with E-state index < -0.39 is 24.3 Å². The number of benzene rings is 1. The van der Waals surface area contributed by atoms with Crippen molar-refractivity contribution in [2.45, 2.75) is 49.9 Å². The number of anilines is 1. The van der Waals surface area contributed by atoms with Crippen LogP contribution in [0.5, 0.6) is 5.75 Å². The normalized spacial score (nSPS) is 26.0. The highest BCUT2D eigenvalue weighted by Crippen LogP contribution is 2.35. The molecule has 3 heterocycles. The molecule has 4 N–H and O–H groups in total. The molecule has 2 aromatic rings. The lowest BCUT2D eigenvalue weighted by atomic mass is 10.1. The molecule has 0 saturated carbocycles. The highest BCUT2D eigenvalue weighted by atomic mass is 16.6. The number of rotatable bonds is 8. The Morgan fingerprint density at radius 3 is 2.70 bits per heavy atom. The molecular formula is C22H29N5O6. The molecule has 1 aromatic carbocycles. The van der Waals surface area contributed by atoms with Gasteiger partial charge < -0.3 is 35.3 Å². The van der Waals surface area contributed by atoms with Crippen molar-refractivity contribution in [3.63, 3.8) is 0 Å². The molecule has 2 aliphatic heterocycles. The van der Waals surface area contributed by atoms with Crippen molar-refractivity contribution in [2.24, 2.45) is 7.05 Å². The van der Waals surface area contributed by atoms with Gasteiger partial charge in [-0.15, -0.1) is 0 Å². The van der Waals surface area contributed by atoms with Crippen LogP contribution in [0, 0.1) is 0 Å². The second kappa shape index (κ2) is 10.2. The van der Waals surface area contributed by atoms with Crippen LogP contribution in [0.3, 0.4) is 0 Å². The van der Waals surface area contributed by atoms with Crippen LogP contribution in [-0.4, -0.2) is 71.0 Å². The number of hydrogen-bond donors (Lipinski definition) is 4. The Bertz CT molecular complexity index is 964. The Labute approximate surface area is 191 Å². The zero-order valence-corrected chi connectivity index (χ0v) is 18.6. The molecule has 3 amide bonds. The van der Waals surface area contributed by atoms with E-state index in [2.05, 4.69) is 21.0 Å². The van der Waals surface area contributed by atoms with Crippen LogP contribution in [0.2, 0.25) is 0 Å². The Morgan fingerprint density at radius 1 is 1.24 bits per heavy atom. The number of aliphatic hydroxyl groups excluding tert-OH is 1. The molecule has 0 spiro atoms. The first-order valence-electron chi connectivity index (χ1n) is 10.8. The summed E-state index contributed by atoms with van der Waals surface area (Å²) in [5.74, 6) is 0.561. The van der Waals surface area contributed by atoms with Crippen LogP contribution < -0.4 is 20.7 Å². The van der Waals surface area contributed by atoms with Gasteiger partial charge in [-0.05, 0) is 24.3 Å². The summed E-state index contributed by atoms with van der Waals surface area (Å²) >= 11 is 0. The zero-order chi connectivity index (χ0) is 23.4. The third-order valence-electron chi connectivity index (χ3n) is 5.75. The predicted molar refractivity (Wildman–Crippen MR) is 118 cm³/mol. The van der Waals surface area contributed by atoms with Crippen molar-refractivity contribution in [2.75, 3.05) is 19.0 Å². The summed E-state index contributed by atoms with van der Waals surface area (Å²) in [7, 11) is 3.39. The minimum atomic E-state index is -0.889. The summed E-state index contributed by atoms with van der Waals surface area (Å²) in [4.78, 5) is 24.4. The maximum Gasteiger partial charge on any atom is 0.319 e. The number of carbonyl (C=O) groups excluding carboxylic acids is 2. The second-order valence-electron chi connectivity index (χ2n) is 8.23. The Balaban J connectivity index is 1.17. The van der Waals surface area contributed by atoms with E-state index in [0.29, 0.717) is 24.4 Å². The van der Waals surface area contributed by atoms with E-state index in [1.807, 2.05) is 13.2 Å². The number of nitrogens with zero attached hydrogens (tertiary/aromatic N) is 2.